The van der Waals surface area contributed by atoms with Crippen molar-refractivity contribution in [3.05, 3.63) is 18.4 Å². The molecule has 0 amide bonds. The quantitative estimate of drug-likeness (QED) is 0.411. The van der Waals surface area contributed by atoms with Gasteiger partial charge < -0.3 is 18.4 Å². The van der Waals surface area contributed by atoms with Crippen LogP contribution in [0.4, 0.5) is 0 Å². The normalized spacial score (nSPS) is 19.5. The fourth-order valence-electron chi connectivity index (χ4n) is 2.29. The van der Waals surface area contributed by atoms with Gasteiger partial charge in [-0.15, -0.1) is 0 Å². The van der Waals surface area contributed by atoms with E-state index in [0.29, 0.717) is 19.1 Å². The van der Waals surface area contributed by atoms with E-state index in [1.54, 1.807) is 12.4 Å². The largest absolute Gasteiger partial charge is 0.591 e. The summed E-state index contributed by atoms with van der Waals surface area (Å²) in [5, 5.41) is 0. The van der Waals surface area contributed by atoms with Gasteiger partial charge in [0.2, 0.25) is 5.79 Å². The molecule has 2 rings (SSSR count). The van der Waals surface area contributed by atoms with E-state index < -0.39 is 17.1 Å². The van der Waals surface area contributed by atoms with Gasteiger partial charge in [-0.2, -0.15) is 0 Å². The Labute approximate surface area is 141 Å². The molecule has 0 aromatic carbocycles. The molecule has 1 aromatic rings. The van der Waals surface area contributed by atoms with Crippen LogP contribution < -0.4 is 0 Å². The van der Waals surface area contributed by atoms with Gasteiger partial charge in [-0.1, -0.05) is 10.8 Å². The van der Waals surface area contributed by atoms with Crippen molar-refractivity contribution in [2.45, 2.75) is 63.4 Å². The van der Waals surface area contributed by atoms with Gasteiger partial charge in [0.05, 0.1) is 25.6 Å². The number of aromatic nitrogens is 1. The van der Waals surface area contributed by atoms with Crippen LogP contribution in [-0.2, 0) is 26.6 Å². The van der Waals surface area contributed by atoms with E-state index in [9.17, 15) is 4.55 Å². The molecular formula is C16H26N2O4S. The Morgan fingerprint density at radius 1 is 1.30 bits per heavy atom. The first kappa shape index (κ1) is 18.4. The lowest BCUT2D eigenvalue weighted by atomic mass is 10.1. The summed E-state index contributed by atoms with van der Waals surface area (Å²) in [6.07, 6.45) is 9.41. The smallest absolute Gasteiger partial charge is 0.255 e. The van der Waals surface area contributed by atoms with Crippen LogP contribution in [0.2, 0.25) is 0 Å². The van der Waals surface area contributed by atoms with Crippen molar-refractivity contribution in [3.8, 4) is 0 Å². The summed E-state index contributed by atoms with van der Waals surface area (Å²) in [6.45, 7) is 6.89. The van der Waals surface area contributed by atoms with Gasteiger partial charge in [0.1, 0.15) is 22.4 Å². The van der Waals surface area contributed by atoms with E-state index in [2.05, 4.69) is 9.38 Å². The number of hydrogen-bond donors (Lipinski definition) is 0. The number of unbranched alkanes of at least 4 members (excludes halogenated alkanes) is 3. The molecule has 0 N–H and O–H groups in total. The average Bonchev–Trinajstić information content (AvgIpc) is 3.17. The molecule has 1 aromatic heterocycles. The van der Waals surface area contributed by atoms with Crippen molar-refractivity contribution in [1.29, 1.82) is 0 Å². The lowest BCUT2D eigenvalue weighted by Crippen LogP contribution is -2.27. The van der Waals surface area contributed by atoms with Crippen LogP contribution in [0, 0.1) is 0 Å². The summed E-state index contributed by atoms with van der Waals surface area (Å²) in [5.41, 5.74) is 0. The zero-order chi connectivity index (χ0) is 16.8. The maximum absolute atomic E-state index is 11.8. The SMILES string of the molecule is CC(C)(C)[S+]([O-])/N=C/CCCCCC1(c2ncco2)OCCO1. The third kappa shape index (κ3) is 5.31. The molecular weight excluding hydrogens is 316 g/mol. The maximum Gasteiger partial charge on any atom is 0.255 e. The Morgan fingerprint density at radius 3 is 2.65 bits per heavy atom. The zero-order valence-corrected chi connectivity index (χ0v) is 14.9. The first-order chi connectivity index (χ1) is 10.9. The van der Waals surface area contributed by atoms with Crippen LogP contribution in [-0.4, -0.2) is 33.7 Å². The summed E-state index contributed by atoms with van der Waals surface area (Å²) in [4.78, 5) is 4.17. The van der Waals surface area contributed by atoms with Gasteiger partial charge in [0, 0.05) is 6.42 Å². The fraction of sp³-hybridized carbons (Fsp3) is 0.750. The average molecular weight is 342 g/mol. The van der Waals surface area contributed by atoms with Crippen molar-refractivity contribution < 1.29 is 18.4 Å². The highest BCUT2D eigenvalue weighted by Crippen LogP contribution is 2.35. The topological polar surface area (TPSA) is 79.9 Å². The third-order valence-electron chi connectivity index (χ3n) is 3.55. The molecule has 0 spiro atoms. The highest BCUT2D eigenvalue weighted by molar-refractivity contribution is 7.91. The van der Waals surface area contributed by atoms with Gasteiger partial charge in [-0.25, -0.2) is 4.98 Å². The second-order valence-corrected chi connectivity index (χ2v) is 8.47. The van der Waals surface area contributed by atoms with E-state index >= 15 is 0 Å². The van der Waals surface area contributed by atoms with E-state index in [-0.39, 0.29) is 4.75 Å². The maximum atomic E-state index is 11.8. The molecule has 0 saturated carbocycles. The predicted octanol–water partition coefficient (Wildman–Crippen LogP) is 3.36. The monoisotopic (exact) mass is 342 g/mol. The van der Waals surface area contributed by atoms with Crippen LogP contribution in [0.25, 0.3) is 0 Å². The predicted molar refractivity (Wildman–Crippen MR) is 89.6 cm³/mol. The molecule has 1 fully saturated rings. The minimum atomic E-state index is -1.16. The minimum Gasteiger partial charge on any atom is -0.591 e. The molecule has 1 unspecified atom stereocenters. The van der Waals surface area contributed by atoms with Gasteiger partial charge in [0.25, 0.3) is 5.89 Å². The molecule has 1 atom stereocenters. The van der Waals surface area contributed by atoms with Gasteiger partial charge in [-0.3, -0.25) is 0 Å². The summed E-state index contributed by atoms with van der Waals surface area (Å²) in [5.74, 6) is -0.317. The molecule has 23 heavy (non-hydrogen) atoms. The highest BCUT2D eigenvalue weighted by Gasteiger charge is 2.42. The Hall–Kier alpha value is -0.890. The van der Waals surface area contributed by atoms with E-state index in [4.69, 9.17) is 13.9 Å². The van der Waals surface area contributed by atoms with E-state index in [1.165, 1.54) is 6.26 Å². The van der Waals surface area contributed by atoms with Gasteiger partial charge in [-0.05, 0) is 40.0 Å². The van der Waals surface area contributed by atoms with Crippen molar-refractivity contribution in [3.63, 3.8) is 0 Å². The van der Waals surface area contributed by atoms with Crippen LogP contribution >= 0.6 is 0 Å². The number of ether oxygens (including phenoxy) is 2. The van der Waals surface area contributed by atoms with E-state index in [0.717, 1.165) is 32.1 Å². The van der Waals surface area contributed by atoms with Crippen molar-refractivity contribution >= 4 is 17.6 Å². The molecule has 0 bridgehead atoms. The molecule has 1 aliphatic rings. The highest BCUT2D eigenvalue weighted by atomic mass is 32.2. The fourth-order valence-corrected chi connectivity index (χ4v) is 2.85. The Balaban J connectivity index is 1.68. The van der Waals surface area contributed by atoms with Crippen molar-refractivity contribution in [2.75, 3.05) is 13.2 Å². The van der Waals surface area contributed by atoms with Crippen LogP contribution in [0.15, 0.2) is 21.3 Å². The van der Waals surface area contributed by atoms with Gasteiger partial charge >= 0.3 is 0 Å². The summed E-state index contributed by atoms with van der Waals surface area (Å²) in [7, 11) is 0. The molecule has 7 heteroatoms. The van der Waals surface area contributed by atoms with E-state index in [1.807, 2.05) is 20.8 Å². The third-order valence-corrected chi connectivity index (χ3v) is 4.93. The Morgan fingerprint density at radius 2 is 2.04 bits per heavy atom. The molecule has 0 radical (unpaired) electrons. The molecule has 0 aliphatic carbocycles. The number of nitrogens with zero attached hydrogens (tertiary/aromatic N) is 2. The number of hydrogen-bond acceptors (Lipinski definition) is 6. The Bertz CT molecular complexity index is 479. The summed E-state index contributed by atoms with van der Waals surface area (Å²) in [6, 6.07) is 0. The summed E-state index contributed by atoms with van der Waals surface area (Å²) >= 11 is -1.16. The lowest BCUT2D eigenvalue weighted by molar-refractivity contribution is -0.187. The lowest BCUT2D eigenvalue weighted by Gasteiger charge is -2.23. The first-order valence-electron chi connectivity index (χ1n) is 8.06. The number of rotatable bonds is 8. The second kappa shape index (κ2) is 8.28. The molecule has 130 valence electrons. The molecule has 2 heterocycles. The number of oxazole rings is 1. The zero-order valence-electron chi connectivity index (χ0n) is 14.1. The Kier molecular flexibility index (Phi) is 6.64. The van der Waals surface area contributed by atoms with Crippen molar-refractivity contribution in [1.82, 2.24) is 4.98 Å². The minimum absolute atomic E-state index is 0.296. The summed E-state index contributed by atoms with van der Waals surface area (Å²) < 4.78 is 32.4. The van der Waals surface area contributed by atoms with Crippen LogP contribution in [0.5, 0.6) is 0 Å². The van der Waals surface area contributed by atoms with Crippen molar-refractivity contribution in [2.24, 2.45) is 4.40 Å². The molecule has 1 saturated heterocycles. The van der Waals surface area contributed by atoms with Crippen LogP contribution in [0.3, 0.4) is 0 Å². The van der Waals surface area contributed by atoms with Gasteiger partial charge in [0.15, 0.2) is 0 Å². The standard InChI is InChI=1S/C16H26N2O4S/c1-15(2,3)23(19)18-9-7-5-4-6-8-16(21-12-13-22-16)14-17-10-11-20-14/h9-11H,4-8,12-13H2,1-3H3/b18-9+. The molecule has 1 aliphatic heterocycles. The molecule has 6 nitrogen and oxygen atoms in total. The second-order valence-electron chi connectivity index (χ2n) is 6.54. The first-order valence-corrected chi connectivity index (χ1v) is 9.17. The van der Waals surface area contributed by atoms with Crippen LogP contribution in [0.1, 0.15) is 58.8 Å².